The van der Waals surface area contributed by atoms with Gasteiger partial charge in [0, 0.05) is 16.6 Å². The van der Waals surface area contributed by atoms with E-state index in [1.165, 1.54) is 17.3 Å². The van der Waals surface area contributed by atoms with Crippen molar-refractivity contribution in [2.24, 2.45) is 5.10 Å². The summed E-state index contributed by atoms with van der Waals surface area (Å²) in [5.41, 5.74) is 5.64. The lowest BCUT2D eigenvalue weighted by Gasteiger charge is -2.07. The molecule has 0 unspecified atom stereocenters. The quantitative estimate of drug-likeness (QED) is 0.326. The summed E-state index contributed by atoms with van der Waals surface area (Å²) in [7, 11) is 0. The van der Waals surface area contributed by atoms with Crippen molar-refractivity contribution in [2.45, 2.75) is 25.5 Å². The first-order chi connectivity index (χ1) is 13.6. The molecule has 3 rings (SSSR count). The second kappa shape index (κ2) is 9.66. The van der Waals surface area contributed by atoms with Crippen LogP contribution in [0.25, 0.3) is 11.4 Å². The lowest BCUT2D eigenvalue weighted by Crippen LogP contribution is -2.20. The third-order valence-corrected chi connectivity index (χ3v) is 5.39. The second-order valence-corrected chi connectivity index (χ2v) is 7.91. The van der Waals surface area contributed by atoms with Crippen LogP contribution >= 0.6 is 27.7 Å². The summed E-state index contributed by atoms with van der Waals surface area (Å²) in [4.78, 5) is 12.1. The number of halogens is 1. The summed E-state index contributed by atoms with van der Waals surface area (Å²) in [5.74, 6) is 0.818. The monoisotopic (exact) mass is 457 g/mol. The van der Waals surface area contributed by atoms with E-state index in [1.54, 1.807) is 6.21 Å². The molecule has 8 heteroatoms. The molecule has 1 amide bonds. The van der Waals surface area contributed by atoms with E-state index in [-0.39, 0.29) is 11.7 Å². The highest BCUT2D eigenvalue weighted by Gasteiger charge is 2.14. The number of rotatable bonds is 7. The van der Waals surface area contributed by atoms with Crippen LogP contribution in [0.3, 0.4) is 0 Å². The Kier molecular flexibility index (Phi) is 7.00. The molecule has 2 aromatic carbocycles. The Morgan fingerprint density at radius 3 is 2.75 bits per heavy atom. The third kappa shape index (κ3) is 5.30. The van der Waals surface area contributed by atoms with Gasteiger partial charge in [0.1, 0.15) is 0 Å². The molecule has 0 aliphatic heterocycles. The van der Waals surface area contributed by atoms with Crippen LogP contribution in [0, 0.1) is 6.92 Å². The van der Waals surface area contributed by atoms with E-state index in [2.05, 4.69) is 36.7 Å². The van der Waals surface area contributed by atoms with Gasteiger partial charge in [0.05, 0.1) is 12.0 Å². The minimum Gasteiger partial charge on any atom is -0.302 e. The van der Waals surface area contributed by atoms with Crippen molar-refractivity contribution >= 4 is 39.8 Å². The van der Waals surface area contributed by atoms with E-state index in [4.69, 9.17) is 0 Å². The van der Waals surface area contributed by atoms with Gasteiger partial charge in [-0.05, 0) is 31.5 Å². The molecule has 0 saturated carbocycles. The number of nitrogens with zero attached hydrogens (tertiary/aromatic N) is 4. The molecule has 0 bridgehead atoms. The van der Waals surface area contributed by atoms with Gasteiger partial charge in [-0.25, -0.2) is 5.43 Å². The molecule has 28 heavy (non-hydrogen) atoms. The number of aryl methyl sites for hydroxylation is 1. The first kappa shape index (κ1) is 20.3. The lowest BCUT2D eigenvalue weighted by atomic mass is 10.1. The number of nitrogens with one attached hydrogen (secondary N) is 1. The molecule has 0 saturated heterocycles. The Bertz CT molecular complexity index is 985. The molecule has 3 aromatic rings. The average Bonchev–Trinajstić information content (AvgIpc) is 3.10. The van der Waals surface area contributed by atoms with Crippen molar-refractivity contribution in [2.75, 3.05) is 5.75 Å². The SMILES string of the molecule is CCn1c(SCC(=O)N/N=C\c2cccc(Br)c2)nnc1-c1ccc(C)cc1. The second-order valence-electron chi connectivity index (χ2n) is 6.05. The van der Waals surface area contributed by atoms with Crippen LogP contribution in [-0.4, -0.2) is 32.6 Å². The molecule has 0 aliphatic carbocycles. The molecule has 0 radical (unpaired) electrons. The fourth-order valence-electron chi connectivity index (χ4n) is 2.52. The van der Waals surface area contributed by atoms with Gasteiger partial charge in [0.15, 0.2) is 11.0 Å². The van der Waals surface area contributed by atoms with Crippen LogP contribution in [0.4, 0.5) is 0 Å². The summed E-state index contributed by atoms with van der Waals surface area (Å²) in [6.07, 6.45) is 1.61. The highest BCUT2D eigenvalue weighted by Crippen LogP contribution is 2.24. The molecule has 6 nitrogen and oxygen atoms in total. The van der Waals surface area contributed by atoms with Gasteiger partial charge in [-0.2, -0.15) is 5.10 Å². The average molecular weight is 458 g/mol. The molecule has 0 spiro atoms. The van der Waals surface area contributed by atoms with Crippen LogP contribution in [0.15, 0.2) is 63.3 Å². The number of thioether (sulfide) groups is 1. The Morgan fingerprint density at radius 1 is 1.25 bits per heavy atom. The highest BCUT2D eigenvalue weighted by atomic mass is 79.9. The predicted octanol–water partition coefficient (Wildman–Crippen LogP) is 4.28. The van der Waals surface area contributed by atoms with Crippen LogP contribution in [0.2, 0.25) is 0 Å². The van der Waals surface area contributed by atoms with Crippen LogP contribution in [0.5, 0.6) is 0 Å². The van der Waals surface area contributed by atoms with Crippen LogP contribution < -0.4 is 5.43 Å². The number of benzene rings is 2. The van der Waals surface area contributed by atoms with Gasteiger partial charge >= 0.3 is 0 Å². The van der Waals surface area contributed by atoms with Crippen molar-refractivity contribution in [1.82, 2.24) is 20.2 Å². The Morgan fingerprint density at radius 2 is 2.04 bits per heavy atom. The van der Waals surface area contributed by atoms with E-state index in [0.29, 0.717) is 5.16 Å². The van der Waals surface area contributed by atoms with Gasteiger partial charge in [-0.15, -0.1) is 10.2 Å². The molecule has 0 aliphatic rings. The van der Waals surface area contributed by atoms with E-state index in [1.807, 2.05) is 66.9 Å². The van der Waals surface area contributed by atoms with Crippen LogP contribution in [-0.2, 0) is 11.3 Å². The third-order valence-electron chi connectivity index (χ3n) is 3.93. The van der Waals surface area contributed by atoms with E-state index in [9.17, 15) is 4.79 Å². The smallest absolute Gasteiger partial charge is 0.250 e. The van der Waals surface area contributed by atoms with Gasteiger partial charge < -0.3 is 4.57 Å². The van der Waals surface area contributed by atoms with Gasteiger partial charge in [-0.3, -0.25) is 4.79 Å². The summed E-state index contributed by atoms with van der Waals surface area (Å²) in [6.45, 7) is 4.81. The topological polar surface area (TPSA) is 72.2 Å². The normalized spacial score (nSPS) is 11.1. The molecule has 1 aromatic heterocycles. The van der Waals surface area contributed by atoms with Crippen molar-refractivity contribution in [3.63, 3.8) is 0 Å². The Labute approximate surface area is 176 Å². The van der Waals surface area contributed by atoms with Gasteiger partial charge in [-0.1, -0.05) is 69.7 Å². The number of hydrazone groups is 1. The maximum absolute atomic E-state index is 12.1. The van der Waals surface area contributed by atoms with Crippen molar-refractivity contribution in [1.29, 1.82) is 0 Å². The number of aromatic nitrogens is 3. The van der Waals surface area contributed by atoms with E-state index < -0.39 is 0 Å². The zero-order valence-electron chi connectivity index (χ0n) is 15.6. The summed E-state index contributed by atoms with van der Waals surface area (Å²) < 4.78 is 2.97. The van der Waals surface area contributed by atoms with E-state index in [0.717, 1.165) is 28.0 Å². The van der Waals surface area contributed by atoms with Crippen molar-refractivity contribution in [3.05, 3.63) is 64.1 Å². The van der Waals surface area contributed by atoms with Crippen molar-refractivity contribution < 1.29 is 4.79 Å². The summed E-state index contributed by atoms with van der Waals surface area (Å²) >= 11 is 4.74. The molecule has 1 heterocycles. The molecular weight excluding hydrogens is 438 g/mol. The largest absolute Gasteiger partial charge is 0.302 e. The maximum atomic E-state index is 12.1. The summed E-state index contributed by atoms with van der Waals surface area (Å²) in [6, 6.07) is 15.8. The number of hydrogen-bond acceptors (Lipinski definition) is 5. The predicted molar refractivity (Wildman–Crippen MR) is 116 cm³/mol. The highest BCUT2D eigenvalue weighted by molar-refractivity contribution is 9.10. The molecule has 0 atom stereocenters. The fraction of sp³-hybridized carbons (Fsp3) is 0.200. The van der Waals surface area contributed by atoms with Gasteiger partial charge in [0.2, 0.25) is 0 Å². The van der Waals surface area contributed by atoms with Crippen molar-refractivity contribution in [3.8, 4) is 11.4 Å². The van der Waals surface area contributed by atoms with Crippen LogP contribution in [0.1, 0.15) is 18.1 Å². The molecular formula is C20H20BrN5OS. The lowest BCUT2D eigenvalue weighted by molar-refractivity contribution is -0.118. The molecule has 1 N–H and O–H groups in total. The molecule has 0 fully saturated rings. The Balaban J connectivity index is 1.59. The van der Waals surface area contributed by atoms with Gasteiger partial charge in [0.25, 0.3) is 5.91 Å². The minimum atomic E-state index is -0.196. The maximum Gasteiger partial charge on any atom is 0.250 e. The number of carbonyl (C=O) groups is 1. The zero-order valence-corrected chi connectivity index (χ0v) is 18.0. The fourth-order valence-corrected chi connectivity index (χ4v) is 3.74. The number of amides is 1. The first-order valence-corrected chi connectivity index (χ1v) is 10.5. The summed E-state index contributed by atoms with van der Waals surface area (Å²) in [5, 5.41) is 13.3. The standard InChI is InChI=1S/C20H20BrN5OS/c1-3-26-19(16-9-7-14(2)8-10-16)24-25-20(26)28-13-18(27)23-22-12-15-5-4-6-17(21)11-15/h4-12H,3,13H2,1-2H3,(H,23,27)/b22-12-. The number of hydrogen-bond donors (Lipinski definition) is 1. The minimum absolute atomic E-state index is 0.196. The number of carbonyl (C=O) groups excluding carboxylic acids is 1. The van der Waals surface area contributed by atoms with E-state index >= 15 is 0 Å². The zero-order chi connectivity index (χ0) is 19.9. The Hall–Kier alpha value is -2.45. The first-order valence-electron chi connectivity index (χ1n) is 8.77. The molecule has 144 valence electrons.